The average molecular weight is 380 g/mol. The number of tetrazole rings is 1. The van der Waals surface area contributed by atoms with Crippen LogP contribution in [0.4, 0.5) is 0 Å². The van der Waals surface area contributed by atoms with Crippen molar-refractivity contribution in [3.8, 4) is 11.4 Å². The molecule has 0 aliphatic heterocycles. The number of nitrogens with zero attached hydrogens (tertiary/aromatic N) is 4. The fourth-order valence-electron chi connectivity index (χ4n) is 2.78. The van der Waals surface area contributed by atoms with Crippen LogP contribution in [0.1, 0.15) is 18.1 Å². The van der Waals surface area contributed by atoms with Gasteiger partial charge in [0.2, 0.25) is 5.16 Å². The number of rotatable bonds is 5. The van der Waals surface area contributed by atoms with Gasteiger partial charge in [-0.15, -0.1) is 5.10 Å². The van der Waals surface area contributed by atoms with E-state index in [0.29, 0.717) is 16.5 Å². The molecule has 2 heterocycles. The molecule has 0 bridgehead atoms. The third kappa shape index (κ3) is 3.56. The Balaban J connectivity index is 1.64. The minimum absolute atomic E-state index is 0.176. The van der Waals surface area contributed by atoms with Gasteiger partial charge in [0.15, 0.2) is 0 Å². The molecule has 2 aromatic heterocycles. The molecule has 0 aliphatic rings. The first-order valence-electron chi connectivity index (χ1n) is 8.40. The molecule has 2 aromatic carbocycles. The Morgan fingerprint density at radius 3 is 2.74 bits per heavy atom. The number of hydrogen-bond donors (Lipinski definition) is 1. The first kappa shape index (κ1) is 17.3. The molecule has 136 valence electrons. The van der Waals surface area contributed by atoms with E-state index in [9.17, 15) is 9.90 Å². The monoisotopic (exact) mass is 380 g/mol. The number of thioether (sulfide) groups is 1. The molecule has 0 unspecified atom stereocenters. The third-order valence-electron chi connectivity index (χ3n) is 4.19. The molecule has 7 nitrogen and oxygen atoms in total. The topological polar surface area (TPSA) is 94.0 Å². The highest BCUT2D eigenvalue weighted by atomic mass is 32.2. The van der Waals surface area contributed by atoms with E-state index in [2.05, 4.69) is 22.4 Å². The van der Waals surface area contributed by atoms with Gasteiger partial charge in [0, 0.05) is 17.2 Å². The highest BCUT2D eigenvalue weighted by Gasteiger charge is 2.12. The minimum Gasteiger partial charge on any atom is -0.508 e. The molecule has 4 aromatic rings. The summed E-state index contributed by atoms with van der Waals surface area (Å²) in [7, 11) is 0. The average Bonchev–Trinajstić information content (AvgIpc) is 3.14. The molecule has 0 saturated carbocycles. The molecular weight excluding hydrogens is 364 g/mol. The Kier molecular flexibility index (Phi) is 4.64. The summed E-state index contributed by atoms with van der Waals surface area (Å²) in [5.74, 6) is 0.696. The largest absolute Gasteiger partial charge is 0.508 e. The first-order valence-corrected chi connectivity index (χ1v) is 9.39. The minimum atomic E-state index is -0.371. The van der Waals surface area contributed by atoms with E-state index in [4.69, 9.17) is 4.42 Å². The summed E-state index contributed by atoms with van der Waals surface area (Å²) < 4.78 is 6.94. The van der Waals surface area contributed by atoms with Crippen molar-refractivity contribution in [1.82, 2.24) is 20.2 Å². The zero-order valence-corrected chi connectivity index (χ0v) is 15.3. The van der Waals surface area contributed by atoms with Crippen LogP contribution in [0.2, 0.25) is 0 Å². The van der Waals surface area contributed by atoms with Crippen LogP contribution in [0.15, 0.2) is 62.9 Å². The summed E-state index contributed by atoms with van der Waals surface area (Å²) >= 11 is 1.42. The second-order valence-electron chi connectivity index (χ2n) is 5.95. The van der Waals surface area contributed by atoms with Crippen LogP contribution < -0.4 is 5.63 Å². The Morgan fingerprint density at radius 1 is 1.15 bits per heavy atom. The van der Waals surface area contributed by atoms with Gasteiger partial charge < -0.3 is 9.52 Å². The molecule has 0 atom stereocenters. The summed E-state index contributed by atoms with van der Waals surface area (Å²) in [5.41, 5.74) is 2.95. The van der Waals surface area contributed by atoms with Crippen molar-refractivity contribution in [3.63, 3.8) is 0 Å². The number of aromatic hydroxyl groups is 1. The molecule has 0 aliphatic carbocycles. The van der Waals surface area contributed by atoms with E-state index >= 15 is 0 Å². The quantitative estimate of drug-likeness (QED) is 0.419. The predicted octanol–water partition coefficient (Wildman–Crippen LogP) is 3.33. The summed E-state index contributed by atoms with van der Waals surface area (Å²) in [6, 6.07) is 14.1. The molecule has 0 spiro atoms. The van der Waals surface area contributed by atoms with E-state index in [1.165, 1.54) is 17.8 Å². The number of aryl methyl sites for hydroxylation is 1. The molecule has 27 heavy (non-hydrogen) atoms. The van der Waals surface area contributed by atoms with Gasteiger partial charge in [-0.05, 0) is 58.3 Å². The van der Waals surface area contributed by atoms with E-state index < -0.39 is 0 Å². The Morgan fingerprint density at radius 2 is 1.96 bits per heavy atom. The summed E-state index contributed by atoms with van der Waals surface area (Å²) in [5, 5.41) is 22.7. The van der Waals surface area contributed by atoms with E-state index in [1.54, 1.807) is 28.9 Å². The molecule has 0 saturated heterocycles. The van der Waals surface area contributed by atoms with Gasteiger partial charge in [-0.3, -0.25) is 0 Å². The van der Waals surface area contributed by atoms with Gasteiger partial charge in [-0.25, -0.2) is 4.79 Å². The van der Waals surface area contributed by atoms with Gasteiger partial charge in [-0.1, -0.05) is 30.8 Å². The summed E-state index contributed by atoms with van der Waals surface area (Å²) in [6.07, 6.45) is 0.875. The predicted molar refractivity (Wildman–Crippen MR) is 102 cm³/mol. The first-order chi connectivity index (χ1) is 13.1. The van der Waals surface area contributed by atoms with Crippen molar-refractivity contribution in [2.24, 2.45) is 0 Å². The zero-order valence-electron chi connectivity index (χ0n) is 14.5. The number of hydrogen-bond acceptors (Lipinski definition) is 7. The van der Waals surface area contributed by atoms with E-state index in [0.717, 1.165) is 28.6 Å². The maximum atomic E-state index is 11.9. The highest BCUT2D eigenvalue weighted by Crippen LogP contribution is 2.27. The smallest absolute Gasteiger partial charge is 0.336 e. The van der Waals surface area contributed by atoms with Gasteiger partial charge in [0.25, 0.3) is 0 Å². The Hall–Kier alpha value is -3.13. The lowest BCUT2D eigenvalue weighted by Crippen LogP contribution is -2.02. The number of aromatic nitrogens is 4. The van der Waals surface area contributed by atoms with E-state index in [-0.39, 0.29) is 11.4 Å². The number of phenols is 1. The summed E-state index contributed by atoms with van der Waals surface area (Å²) in [6.45, 7) is 2.06. The van der Waals surface area contributed by atoms with Crippen molar-refractivity contribution in [2.75, 3.05) is 0 Å². The van der Waals surface area contributed by atoms with Crippen LogP contribution in [0.25, 0.3) is 16.7 Å². The van der Waals surface area contributed by atoms with Crippen molar-refractivity contribution in [2.45, 2.75) is 24.3 Å². The summed E-state index contributed by atoms with van der Waals surface area (Å²) in [4.78, 5) is 11.9. The van der Waals surface area contributed by atoms with Crippen molar-refractivity contribution in [3.05, 3.63) is 70.1 Å². The maximum absolute atomic E-state index is 11.9. The standard InChI is InChI=1S/C19H16N4O3S/c1-2-12-3-8-16-13(10-18(25)26-17(16)9-12)11-27-19-20-21-22-23(19)14-4-6-15(24)7-5-14/h3-10,24H,2,11H2,1H3. The third-order valence-corrected chi connectivity index (χ3v) is 5.16. The Labute approximate surface area is 158 Å². The van der Waals surface area contributed by atoms with Gasteiger partial charge >= 0.3 is 5.63 Å². The van der Waals surface area contributed by atoms with Crippen molar-refractivity contribution < 1.29 is 9.52 Å². The van der Waals surface area contributed by atoms with Crippen LogP contribution in [-0.4, -0.2) is 25.3 Å². The maximum Gasteiger partial charge on any atom is 0.336 e. The molecular formula is C19H16N4O3S. The molecule has 0 fully saturated rings. The van der Waals surface area contributed by atoms with Crippen LogP contribution in [0.3, 0.4) is 0 Å². The lowest BCUT2D eigenvalue weighted by Gasteiger charge is -2.07. The van der Waals surface area contributed by atoms with Crippen molar-refractivity contribution >= 4 is 22.7 Å². The Bertz CT molecular complexity index is 1150. The fraction of sp³-hybridized carbons (Fsp3) is 0.158. The van der Waals surface area contributed by atoms with Crippen LogP contribution in [0, 0.1) is 0 Å². The van der Waals surface area contributed by atoms with Crippen molar-refractivity contribution in [1.29, 1.82) is 0 Å². The van der Waals surface area contributed by atoms with Gasteiger partial charge in [-0.2, -0.15) is 4.68 Å². The molecule has 0 amide bonds. The van der Waals surface area contributed by atoms with Gasteiger partial charge in [0.1, 0.15) is 11.3 Å². The van der Waals surface area contributed by atoms with Crippen LogP contribution >= 0.6 is 11.8 Å². The molecule has 1 N–H and O–H groups in total. The second kappa shape index (κ2) is 7.24. The lowest BCUT2D eigenvalue weighted by atomic mass is 10.1. The second-order valence-corrected chi connectivity index (χ2v) is 6.90. The number of phenolic OH excluding ortho intramolecular Hbond substituents is 1. The lowest BCUT2D eigenvalue weighted by molar-refractivity contribution is 0.475. The van der Waals surface area contributed by atoms with Gasteiger partial charge in [0.05, 0.1) is 5.69 Å². The number of fused-ring (bicyclic) bond motifs is 1. The molecule has 4 rings (SSSR count). The SMILES string of the molecule is CCc1ccc2c(CSc3nnnn3-c3ccc(O)cc3)cc(=O)oc2c1. The fourth-order valence-corrected chi connectivity index (χ4v) is 3.66. The molecule has 8 heteroatoms. The van der Waals surface area contributed by atoms with Crippen LogP contribution in [0.5, 0.6) is 5.75 Å². The normalized spacial score (nSPS) is 11.1. The van der Waals surface area contributed by atoms with E-state index in [1.807, 2.05) is 18.2 Å². The highest BCUT2D eigenvalue weighted by molar-refractivity contribution is 7.98. The molecule has 0 radical (unpaired) electrons. The van der Waals surface area contributed by atoms with Crippen LogP contribution in [-0.2, 0) is 12.2 Å². The number of benzene rings is 2. The zero-order chi connectivity index (χ0) is 18.8.